The number of aromatic amines is 1. The van der Waals surface area contributed by atoms with Crippen LogP contribution >= 0.6 is 0 Å². The van der Waals surface area contributed by atoms with Gasteiger partial charge < -0.3 is 4.74 Å². The van der Waals surface area contributed by atoms with Crippen molar-refractivity contribution in [2.75, 3.05) is 7.11 Å². The molecule has 92 valence electrons. The lowest BCUT2D eigenvalue weighted by Gasteiger charge is -2.00. The average Bonchev–Trinajstić information content (AvgIpc) is 2.97. The fourth-order valence-corrected chi connectivity index (χ4v) is 2.19. The summed E-state index contributed by atoms with van der Waals surface area (Å²) in [7, 11) is 1.41. The number of carbonyl (C=O) groups is 1. The number of rotatable bonds is 3. The molecule has 1 heterocycles. The summed E-state index contributed by atoms with van der Waals surface area (Å²) >= 11 is 0. The van der Waals surface area contributed by atoms with Crippen LogP contribution in [0.15, 0.2) is 36.5 Å². The molecule has 18 heavy (non-hydrogen) atoms. The van der Waals surface area contributed by atoms with Crippen LogP contribution < -0.4 is 0 Å². The van der Waals surface area contributed by atoms with E-state index in [1.54, 1.807) is 0 Å². The van der Waals surface area contributed by atoms with Gasteiger partial charge in [0.05, 0.1) is 19.0 Å². The lowest BCUT2D eigenvalue weighted by atomic mass is 10.2. The van der Waals surface area contributed by atoms with E-state index in [4.69, 9.17) is 0 Å². The Bertz CT molecular complexity index is 661. The number of hydrogen-bond donors (Lipinski definition) is 1. The number of H-pyrrole nitrogens is 1. The van der Waals surface area contributed by atoms with Crippen molar-refractivity contribution in [3.63, 3.8) is 0 Å². The maximum Gasteiger partial charge on any atom is 0.307 e. The zero-order chi connectivity index (χ0) is 12.5. The molecule has 0 unspecified atom stereocenters. The second-order valence-corrected chi connectivity index (χ2v) is 4.35. The van der Waals surface area contributed by atoms with Gasteiger partial charge in [0, 0.05) is 18.1 Å². The van der Waals surface area contributed by atoms with Gasteiger partial charge in [0.25, 0.3) is 0 Å². The van der Waals surface area contributed by atoms with Crippen LogP contribution in [0.4, 0.5) is 0 Å². The van der Waals surface area contributed by atoms with Crippen LogP contribution in [0.1, 0.15) is 6.42 Å². The monoisotopic (exact) mass is 242 g/mol. The second-order valence-electron chi connectivity index (χ2n) is 4.35. The molecular weight excluding hydrogens is 228 g/mol. The van der Waals surface area contributed by atoms with Crippen molar-refractivity contribution < 1.29 is 9.53 Å². The van der Waals surface area contributed by atoms with Crippen LogP contribution in [0.2, 0.25) is 0 Å². The molecule has 1 N–H and O–H groups in total. The highest BCUT2D eigenvalue weighted by atomic mass is 16.5. The highest BCUT2D eigenvalue weighted by Gasteiger charge is 2.04. The van der Waals surface area contributed by atoms with Crippen molar-refractivity contribution in [1.82, 2.24) is 9.78 Å². The third-order valence-electron chi connectivity index (χ3n) is 3.15. The van der Waals surface area contributed by atoms with Crippen LogP contribution in [-0.4, -0.2) is 22.9 Å². The number of esters is 1. The molecule has 0 saturated heterocycles. The Morgan fingerprint density at radius 2 is 2.06 bits per heavy atom. The number of hydrogen-bond acceptors (Lipinski definition) is 2. The molecule has 0 bridgehead atoms. The van der Waals surface area contributed by atoms with E-state index in [-0.39, 0.29) is 5.97 Å². The molecule has 0 spiro atoms. The third kappa shape index (κ3) is 1.86. The van der Waals surface area contributed by atoms with Gasteiger partial charge in [-0.3, -0.25) is 14.6 Å². The minimum atomic E-state index is -0.195. The molecule has 0 aliphatic carbocycles. The lowest BCUT2D eigenvalue weighted by molar-refractivity contribution is -0.140. The number of methoxy groups -OCH3 is 1. The number of benzene rings is 1. The molecule has 4 heteroatoms. The minimum Gasteiger partial charge on any atom is -0.469 e. The number of carbonyl (C=O) groups excluding carboxylic acids is 1. The van der Waals surface area contributed by atoms with Crippen molar-refractivity contribution in [3.05, 3.63) is 36.5 Å². The quantitative estimate of drug-likeness (QED) is 0.718. The molecule has 3 aromatic rings. The molecule has 0 atom stereocenters. The predicted octanol–water partition coefficient (Wildman–Crippen LogP) is 2.69. The molecule has 2 aromatic carbocycles. The summed E-state index contributed by atoms with van der Waals surface area (Å²) in [6, 6.07) is 10.5. The maximum atomic E-state index is 11.1. The average molecular weight is 242 g/mol. The zero-order valence-electron chi connectivity index (χ0n) is 10.1. The number of nitrogens with zero attached hydrogens (tertiary/aromatic N) is 1. The zero-order valence-corrected chi connectivity index (χ0v) is 10.1. The Balaban J connectivity index is 1.92. The van der Waals surface area contributed by atoms with Crippen molar-refractivity contribution >= 4 is 27.6 Å². The van der Waals surface area contributed by atoms with Gasteiger partial charge in [0.15, 0.2) is 0 Å². The van der Waals surface area contributed by atoms with E-state index in [1.165, 1.54) is 17.9 Å². The van der Waals surface area contributed by atoms with Gasteiger partial charge in [-0.2, -0.15) is 0 Å². The SMILES string of the molecule is COC(=O)CCn1cc2cc3cccc3cc2[nH]1. The number of nitrogens with one attached hydrogen (secondary N) is 1. The molecule has 4 nitrogen and oxygen atoms in total. The highest BCUT2D eigenvalue weighted by Crippen LogP contribution is 2.22. The van der Waals surface area contributed by atoms with E-state index in [0.29, 0.717) is 13.0 Å². The van der Waals surface area contributed by atoms with Gasteiger partial charge >= 0.3 is 5.97 Å². The molecule has 1 aromatic heterocycles. The summed E-state index contributed by atoms with van der Waals surface area (Å²) in [4.78, 5) is 11.1. The summed E-state index contributed by atoms with van der Waals surface area (Å²) in [5.74, 6) is -0.195. The van der Waals surface area contributed by atoms with Crippen LogP contribution in [0.5, 0.6) is 0 Å². The van der Waals surface area contributed by atoms with E-state index >= 15 is 0 Å². The molecule has 0 fully saturated rings. The Hall–Kier alpha value is -2.23. The normalized spacial score (nSPS) is 11.2. The highest BCUT2D eigenvalue weighted by molar-refractivity contribution is 5.97. The molecule has 0 aliphatic rings. The van der Waals surface area contributed by atoms with Gasteiger partial charge in [-0.25, -0.2) is 0 Å². The van der Waals surface area contributed by atoms with Gasteiger partial charge in [-0.05, 0) is 22.9 Å². The van der Waals surface area contributed by atoms with Crippen molar-refractivity contribution in [2.45, 2.75) is 13.0 Å². The predicted molar refractivity (Wildman–Crippen MR) is 70.4 cm³/mol. The van der Waals surface area contributed by atoms with Gasteiger partial charge in [0.1, 0.15) is 0 Å². The van der Waals surface area contributed by atoms with E-state index in [0.717, 1.165) is 10.9 Å². The number of ether oxygens (including phenoxy) is 1. The minimum absolute atomic E-state index is 0.195. The van der Waals surface area contributed by atoms with E-state index in [9.17, 15) is 4.79 Å². The van der Waals surface area contributed by atoms with Crippen molar-refractivity contribution in [2.24, 2.45) is 0 Å². The fraction of sp³-hybridized carbons (Fsp3) is 0.214. The van der Waals surface area contributed by atoms with Crippen LogP contribution in [0, 0.1) is 0 Å². The second kappa shape index (κ2) is 4.22. The molecular formula is C14H14N2O2. The molecule has 0 radical (unpaired) electrons. The standard InChI is InChI=1S/C14H14N2O2/c1-18-14(17)5-6-16-9-12-7-10-3-2-4-11(10)8-13(12)15-16/h2-4,7-9,15H,5-6H2,1H3. The Morgan fingerprint density at radius 1 is 1.28 bits per heavy atom. The molecule has 0 aliphatic heterocycles. The first kappa shape index (κ1) is 10.9. The van der Waals surface area contributed by atoms with Gasteiger partial charge in [0.2, 0.25) is 0 Å². The number of aromatic nitrogens is 2. The van der Waals surface area contributed by atoms with Crippen LogP contribution in [-0.2, 0) is 16.1 Å². The van der Waals surface area contributed by atoms with Gasteiger partial charge in [-0.1, -0.05) is 18.2 Å². The summed E-state index contributed by atoms with van der Waals surface area (Å²) in [6.07, 6.45) is 2.39. The Kier molecular flexibility index (Phi) is 2.55. The van der Waals surface area contributed by atoms with E-state index in [1.807, 2.05) is 10.9 Å². The first-order valence-corrected chi connectivity index (χ1v) is 5.91. The summed E-state index contributed by atoms with van der Waals surface area (Å²) in [5.41, 5.74) is 1.08. The lowest BCUT2D eigenvalue weighted by Crippen LogP contribution is -2.07. The largest absolute Gasteiger partial charge is 0.469 e. The van der Waals surface area contributed by atoms with Crippen LogP contribution in [0.3, 0.4) is 0 Å². The van der Waals surface area contributed by atoms with Gasteiger partial charge in [-0.15, -0.1) is 0 Å². The smallest absolute Gasteiger partial charge is 0.307 e. The number of aryl methyl sites for hydroxylation is 1. The summed E-state index contributed by atoms with van der Waals surface area (Å²) < 4.78 is 6.55. The summed E-state index contributed by atoms with van der Waals surface area (Å²) in [5, 5.41) is 6.88. The number of fused-ring (bicyclic) bond motifs is 2. The fourth-order valence-electron chi connectivity index (χ4n) is 2.19. The maximum absolute atomic E-state index is 11.1. The first-order chi connectivity index (χ1) is 8.76. The molecule has 3 rings (SSSR count). The third-order valence-corrected chi connectivity index (χ3v) is 3.15. The first-order valence-electron chi connectivity index (χ1n) is 5.91. The molecule has 0 amide bonds. The summed E-state index contributed by atoms with van der Waals surface area (Å²) in [6.45, 7) is 0.603. The van der Waals surface area contributed by atoms with Crippen molar-refractivity contribution in [3.8, 4) is 0 Å². The Labute approximate surface area is 104 Å². The molecule has 0 saturated carbocycles. The van der Waals surface area contributed by atoms with Crippen LogP contribution in [0.25, 0.3) is 21.7 Å². The van der Waals surface area contributed by atoms with E-state index < -0.39 is 0 Å². The topological polar surface area (TPSA) is 47.0 Å². The Morgan fingerprint density at radius 3 is 2.83 bits per heavy atom. The van der Waals surface area contributed by atoms with E-state index in [2.05, 4.69) is 40.2 Å². The van der Waals surface area contributed by atoms with Crippen molar-refractivity contribution in [1.29, 1.82) is 0 Å².